The number of nitrogens with zero attached hydrogens (tertiary/aromatic N) is 3. The molecule has 1 fully saturated rings. The van der Waals surface area contributed by atoms with E-state index in [1.54, 1.807) is 23.2 Å². The van der Waals surface area contributed by atoms with Crippen LogP contribution in [0.5, 0.6) is 0 Å². The van der Waals surface area contributed by atoms with Gasteiger partial charge in [0.15, 0.2) is 0 Å². The Morgan fingerprint density at radius 3 is 2.60 bits per heavy atom. The largest absolute Gasteiger partial charge is 0.494 e. The molecule has 0 saturated carbocycles. The molecule has 1 amide bonds. The lowest BCUT2D eigenvalue weighted by atomic mass is 10.1. The van der Waals surface area contributed by atoms with Crippen LogP contribution in [0.2, 0.25) is 0 Å². The minimum Gasteiger partial charge on any atom is -0.494 e. The maximum Gasteiger partial charge on any atom is 0.254 e. The van der Waals surface area contributed by atoms with Crippen molar-refractivity contribution in [1.82, 2.24) is 20.0 Å². The number of carbonyl (C=O) groups excluding carboxylic acids is 1. The van der Waals surface area contributed by atoms with Gasteiger partial charge in [-0.15, -0.1) is 0 Å². The van der Waals surface area contributed by atoms with Crippen LogP contribution >= 0.6 is 22.6 Å². The summed E-state index contributed by atoms with van der Waals surface area (Å²) in [6, 6.07) is 1.34. The minimum atomic E-state index is -0.286. The van der Waals surface area contributed by atoms with E-state index >= 15 is 0 Å². The minimum absolute atomic E-state index is 0.134. The molecule has 0 radical (unpaired) electrons. The third-order valence-corrected chi connectivity index (χ3v) is 5.96. The number of rotatable bonds is 9. The molecule has 1 aromatic heterocycles. The Bertz CT molecular complexity index is 781. The van der Waals surface area contributed by atoms with Gasteiger partial charge in [0.1, 0.15) is 9.46 Å². The van der Waals surface area contributed by atoms with Crippen molar-refractivity contribution in [2.45, 2.75) is 71.5 Å². The van der Waals surface area contributed by atoms with Crippen molar-refractivity contribution in [2.24, 2.45) is 0 Å². The molecular weight excluding hydrogens is 491 g/mol. The van der Waals surface area contributed by atoms with Crippen molar-refractivity contribution in [3.8, 4) is 0 Å². The highest BCUT2D eigenvalue weighted by atomic mass is 127. The summed E-state index contributed by atoms with van der Waals surface area (Å²) in [7, 11) is 0. The average Bonchev–Trinajstić information content (AvgIpc) is 3.28. The maximum absolute atomic E-state index is 12.3. The highest BCUT2D eigenvalue weighted by Crippen LogP contribution is 2.23. The molecule has 2 atom stereocenters. The molecule has 7 heteroatoms. The summed E-state index contributed by atoms with van der Waals surface area (Å²) >= 11 is 2.19. The Morgan fingerprint density at radius 1 is 1.33 bits per heavy atom. The number of allylic oxidation sites excluding steroid dienone is 3. The summed E-state index contributed by atoms with van der Waals surface area (Å²) in [5.74, 6) is 0.592. The van der Waals surface area contributed by atoms with Crippen LogP contribution in [0.25, 0.3) is 3.70 Å². The van der Waals surface area contributed by atoms with Crippen molar-refractivity contribution in [1.29, 1.82) is 0 Å². The Morgan fingerprint density at radius 2 is 2.00 bits per heavy atom. The lowest BCUT2D eigenvalue weighted by molar-refractivity contribution is 0.0919. The molecule has 0 aromatic carbocycles. The van der Waals surface area contributed by atoms with E-state index in [0.29, 0.717) is 24.3 Å². The zero-order chi connectivity index (χ0) is 22.3. The predicted molar refractivity (Wildman–Crippen MR) is 131 cm³/mol. The van der Waals surface area contributed by atoms with Gasteiger partial charge in [0.2, 0.25) is 0 Å². The van der Waals surface area contributed by atoms with Crippen LogP contribution in [0.1, 0.15) is 64.2 Å². The maximum atomic E-state index is 12.3. The number of nitrogens with one attached hydrogen (secondary N) is 1. The van der Waals surface area contributed by atoms with Crippen LogP contribution in [-0.4, -0.2) is 51.4 Å². The second kappa shape index (κ2) is 11.1. The topological polar surface area (TPSA) is 59.4 Å². The summed E-state index contributed by atoms with van der Waals surface area (Å²) in [6.07, 6.45) is 12.4. The summed E-state index contributed by atoms with van der Waals surface area (Å²) < 4.78 is 8.40. The molecule has 2 unspecified atom stereocenters. The molecule has 30 heavy (non-hydrogen) atoms. The molecule has 1 N–H and O–H groups in total. The van der Waals surface area contributed by atoms with Gasteiger partial charge in [0.05, 0.1) is 18.4 Å². The molecule has 1 saturated heterocycles. The van der Waals surface area contributed by atoms with E-state index in [1.807, 2.05) is 32.9 Å². The summed E-state index contributed by atoms with van der Waals surface area (Å²) in [5.41, 5.74) is 0.244. The van der Waals surface area contributed by atoms with Gasteiger partial charge in [-0.3, -0.25) is 9.69 Å². The lowest BCUT2D eigenvalue weighted by Crippen LogP contribution is -2.40. The zero-order valence-corrected chi connectivity index (χ0v) is 21.0. The molecule has 6 nitrogen and oxygen atoms in total. The first-order valence-corrected chi connectivity index (χ1v) is 11.6. The van der Waals surface area contributed by atoms with Crippen LogP contribution in [0.3, 0.4) is 0 Å². The van der Waals surface area contributed by atoms with Gasteiger partial charge in [0.25, 0.3) is 5.91 Å². The number of aromatic nitrogens is 2. The van der Waals surface area contributed by atoms with E-state index in [9.17, 15) is 4.79 Å². The monoisotopic (exact) mass is 526 g/mol. The number of ether oxygens (including phenoxy) is 1. The van der Waals surface area contributed by atoms with E-state index in [-0.39, 0.29) is 11.4 Å². The first-order valence-electron chi connectivity index (χ1n) is 10.6. The van der Waals surface area contributed by atoms with Crippen molar-refractivity contribution < 1.29 is 9.53 Å². The second-order valence-electron chi connectivity index (χ2n) is 8.86. The fraction of sp³-hybridized carbons (Fsp3) is 0.565. The van der Waals surface area contributed by atoms with E-state index in [2.05, 4.69) is 58.3 Å². The van der Waals surface area contributed by atoms with Gasteiger partial charge in [-0.1, -0.05) is 6.58 Å². The molecule has 1 aliphatic rings. The summed E-state index contributed by atoms with van der Waals surface area (Å²) in [5, 5.41) is 7.22. The molecule has 0 bridgehead atoms. The highest BCUT2D eigenvalue weighted by Gasteiger charge is 2.26. The third kappa shape index (κ3) is 7.58. The normalized spacial score (nSPS) is 21.0. The van der Waals surface area contributed by atoms with E-state index in [0.717, 1.165) is 22.4 Å². The van der Waals surface area contributed by atoms with E-state index in [1.165, 1.54) is 12.8 Å². The van der Waals surface area contributed by atoms with Crippen LogP contribution in [0.15, 0.2) is 43.0 Å². The van der Waals surface area contributed by atoms with Gasteiger partial charge in [-0.2, -0.15) is 5.10 Å². The van der Waals surface area contributed by atoms with Gasteiger partial charge in [0, 0.05) is 30.4 Å². The number of likely N-dealkylation sites (tertiary alicyclic amines) is 1. The molecule has 2 heterocycles. The number of hydrogen-bond donors (Lipinski definition) is 1. The Hall–Kier alpha value is -1.61. The molecular formula is C23H35IN4O2. The van der Waals surface area contributed by atoms with Crippen LogP contribution in [-0.2, 0) is 4.74 Å². The number of hydrogen-bond acceptors (Lipinski definition) is 4. The first kappa shape index (κ1) is 24.7. The summed E-state index contributed by atoms with van der Waals surface area (Å²) in [6.45, 7) is 16.0. The zero-order valence-electron chi connectivity index (χ0n) is 18.8. The van der Waals surface area contributed by atoms with Crippen molar-refractivity contribution >= 4 is 32.2 Å². The molecule has 2 rings (SSSR count). The fourth-order valence-electron chi connectivity index (χ4n) is 3.50. The molecule has 0 aliphatic carbocycles. The smallest absolute Gasteiger partial charge is 0.254 e. The van der Waals surface area contributed by atoms with Crippen molar-refractivity contribution in [3.63, 3.8) is 0 Å². The summed E-state index contributed by atoms with van der Waals surface area (Å²) in [4.78, 5) is 14.8. The quantitative estimate of drug-likeness (QED) is 0.213. The Balaban J connectivity index is 1.88. The average molecular weight is 526 g/mol. The van der Waals surface area contributed by atoms with Gasteiger partial charge >= 0.3 is 0 Å². The van der Waals surface area contributed by atoms with Crippen LogP contribution < -0.4 is 5.32 Å². The molecule has 1 aromatic rings. The second-order valence-corrected chi connectivity index (χ2v) is 9.96. The Labute approximate surface area is 194 Å². The molecule has 166 valence electrons. The number of carbonyl (C=O) groups is 1. The van der Waals surface area contributed by atoms with E-state index in [4.69, 9.17) is 4.74 Å². The predicted octanol–water partition coefficient (Wildman–Crippen LogP) is 4.99. The van der Waals surface area contributed by atoms with Crippen molar-refractivity contribution in [3.05, 3.63) is 48.5 Å². The number of amides is 1. The van der Waals surface area contributed by atoms with Crippen molar-refractivity contribution in [2.75, 3.05) is 13.2 Å². The SMILES string of the molecule is C=C/C(=C\C=C(/I)n1cc(C(=O)NC(C)(C)C)cn1)OCCCN1C(C)CCC1C. The molecule has 0 spiro atoms. The van der Waals surface area contributed by atoms with E-state index < -0.39 is 0 Å². The Kier molecular flexibility index (Phi) is 9.15. The number of halogens is 1. The van der Waals surface area contributed by atoms with Gasteiger partial charge in [-0.05, 0) is 94.7 Å². The first-order chi connectivity index (χ1) is 14.1. The highest BCUT2D eigenvalue weighted by molar-refractivity contribution is 14.1. The van der Waals surface area contributed by atoms with Gasteiger partial charge in [-0.25, -0.2) is 4.68 Å². The van der Waals surface area contributed by atoms with Crippen LogP contribution in [0.4, 0.5) is 0 Å². The van der Waals surface area contributed by atoms with Gasteiger partial charge < -0.3 is 10.1 Å². The fourth-order valence-corrected chi connectivity index (χ4v) is 3.94. The third-order valence-electron chi connectivity index (χ3n) is 5.10. The lowest BCUT2D eigenvalue weighted by Gasteiger charge is -2.25. The van der Waals surface area contributed by atoms with Crippen LogP contribution in [0, 0.1) is 0 Å². The standard InChI is InChI=1S/C23H35IN4O2/c1-7-20(30-14-8-13-27-17(2)9-10-18(27)3)11-12-21(24)28-16-19(15-25-28)22(29)26-23(4,5)6/h7,11-12,15-18H,1,8-10,13-14H2,2-6H3,(H,26,29)/b20-11+,21-12+. The molecule has 1 aliphatic heterocycles.